The minimum absolute atomic E-state index is 0.256. The third-order valence-corrected chi connectivity index (χ3v) is 5.40. The Hall–Kier alpha value is -3.71. The summed E-state index contributed by atoms with van der Waals surface area (Å²) in [4.78, 5) is 25.6. The smallest absolute Gasteiger partial charge is 0.304 e. The molecule has 0 spiro atoms. The van der Waals surface area contributed by atoms with Crippen molar-refractivity contribution in [2.75, 3.05) is 7.11 Å². The molecular weight excluding hydrogens is 433 g/mol. The minimum Gasteiger partial charge on any atom is -0.497 e. The predicted octanol–water partition coefficient (Wildman–Crippen LogP) is 3.50. The molecule has 0 aliphatic carbocycles. The van der Waals surface area contributed by atoms with Crippen molar-refractivity contribution in [2.45, 2.75) is 12.1 Å². The number of hydrogen-bond acceptors (Lipinski definition) is 3. The van der Waals surface area contributed by atoms with Crippen molar-refractivity contribution in [3.8, 4) is 5.75 Å². The monoisotopic (exact) mass is 452 g/mol. The Bertz CT molecular complexity index is 1160. The van der Waals surface area contributed by atoms with E-state index in [1.165, 1.54) is 24.3 Å². The van der Waals surface area contributed by atoms with Gasteiger partial charge in [0.25, 0.3) is 5.91 Å². The van der Waals surface area contributed by atoms with E-state index in [0.717, 1.165) is 11.1 Å². The summed E-state index contributed by atoms with van der Waals surface area (Å²) in [5, 5.41) is 3.33. The number of carbonyl (C=O) groups is 2. The molecule has 3 aromatic carbocycles. The molecule has 1 fully saturated rings. The van der Waals surface area contributed by atoms with E-state index in [-0.39, 0.29) is 11.5 Å². The lowest BCUT2D eigenvalue weighted by atomic mass is 9.99. The van der Waals surface area contributed by atoms with Crippen LogP contribution in [0.15, 0.2) is 72.8 Å². The summed E-state index contributed by atoms with van der Waals surface area (Å²) >= 11 is 6.04. The average molecular weight is 453 g/mol. The van der Waals surface area contributed by atoms with Crippen LogP contribution in [0.5, 0.6) is 5.75 Å². The van der Waals surface area contributed by atoms with Gasteiger partial charge in [-0.2, -0.15) is 0 Å². The fraction of sp³-hybridized carbons (Fsp3) is 0.125. The summed E-state index contributed by atoms with van der Waals surface area (Å²) in [5.41, 5.74) is 4.67. The Labute approximate surface area is 189 Å². The van der Waals surface area contributed by atoms with E-state index in [1.54, 1.807) is 42.3 Å². The maximum atomic E-state index is 13.2. The van der Waals surface area contributed by atoms with Gasteiger partial charge in [0.1, 0.15) is 11.6 Å². The highest BCUT2D eigenvalue weighted by Gasteiger charge is 2.47. The fourth-order valence-corrected chi connectivity index (χ4v) is 3.64. The number of benzene rings is 3. The summed E-state index contributed by atoms with van der Waals surface area (Å²) in [5.74, 6) is -0.577. The zero-order valence-corrected chi connectivity index (χ0v) is 17.8. The van der Waals surface area contributed by atoms with Crippen LogP contribution in [0.1, 0.15) is 27.5 Å². The lowest BCUT2D eigenvalue weighted by Crippen LogP contribution is -2.42. The summed E-state index contributed by atoms with van der Waals surface area (Å²) in [7, 11) is 1.59. The zero-order chi connectivity index (χ0) is 22.7. The molecule has 1 aliphatic heterocycles. The predicted molar refractivity (Wildman–Crippen MR) is 118 cm³/mol. The van der Waals surface area contributed by atoms with Gasteiger partial charge in [-0.15, -0.1) is 10.1 Å². The molecule has 0 bridgehead atoms. The molecule has 4 rings (SSSR count). The summed E-state index contributed by atoms with van der Waals surface area (Å²) in [6.07, 6.45) is 1.78. The molecule has 0 aromatic heterocycles. The van der Waals surface area contributed by atoms with Crippen LogP contribution in [0.2, 0.25) is 5.02 Å². The Balaban J connectivity index is 1.68. The van der Waals surface area contributed by atoms with E-state index in [9.17, 15) is 14.0 Å². The van der Waals surface area contributed by atoms with Crippen LogP contribution in [0.4, 0.5) is 4.39 Å². The molecule has 3 aromatic rings. The van der Waals surface area contributed by atoms with Crippen LogP contribution in [-0.2, 0) is 4.79 Å². The number of methoxy groups -OCH3 is 1. The number of nitrogens with zero attached hydrogens (tertiary/aromatic N) is 1. The third kappa shape index (κ3) is 4.63. The average Bonchev–Trinajstić information content (AvgIpc) is 3.09. The van der Waals surface area contributed by atoms with Gasteiger partial charge in [0.15, 0.2) is 6.04 Å². The van der Waals surface area contributed by atoms with Crippen LogP contribution in [0, 0.1) is 5.82 Å². The highest BCUT2D eigenvalue weighted by molar-refractivity contribution is 6.30. The van der Waals surface area contributed by atoms with Crippen LogP contribution < -0.4 is 15.5 Å². The molecule has 0 unspecified atom stereocenters. The second kappa shape index (κ2) is 9.20. The minimum atomic E-state index is -0.886. The molecule has 1 aliphatic rings. The number of rotatable bonds is 5. The topological polar surface area (TPSA) is 70.4 Å². The zero-order valence-electron chi connectivity index (χ0n) is 17.1. The molecule has 0 radical (unpaired) electrons. The van der Waals surface area contributed by atoms with Gasteiger partial charge in [-0.05, 0) is 60.7 Å². The van der Waals surface area contributed by atoms with Crippen LogP contribution >= 0.6 is 11.6 Å². The van der Waals surface area contributed by atoms with E-state index in [1.807, 2.05) is 24.3 Å². The fourth-order valence-electron chi connectivity index (χ4n) is 3.52. The van der Waals surface area contributed by atoms with E-state index in [4.69, 9.17) is 16.3 Å². The molecule has 1 heterocycles. The SMILES string of the molecule is COc1ccc(/C=[N+]2\NC(=O)[C@H](NC(=O)c3ccc(F)cc3)[C@@H]2c2ccc(Cl)cc2)cc1. The molecule has 1 saturated heterocycles. The number of hydrazine groups is 1. The highest BCUT2D eigenvalue weighted by atomic mass is 35.5. The molecule has 32 heavy (non-hydrogen) atoms. The van der Waals surface area contributed by atoms with Crippen LogP contribution in [0.25, 0.3) is 0 Å². The lowest BCUT2D eigenvalue weighted by Gasteiger charge is -2.15. The standard InChI is InChI=1S/C24H19ClFN3O3/c1-32-20-12-2-15(3-13-20)14-29-22(16-4-8-18(25)9-5-16)21(24(31)28-29)27-23(30)17-6-10-19(26)11-7-17/h2-14,21-22H,1H3,(H-,27,28,30,31)/p+1/b29-14-/t21-,22+/m1/s1. The van der Waals surface area contributed by atoms with Gasteiger partial charge in [0, 0.05) is 21.7 Å². The lowest BCUT2D eigenvalue weighted by molar-refractivity contribution is -0.596. The number of hydrazone groups is 1. The van der Waals surface area contributed by atoms with Crippen molar-refractivity contribution >= 4 is 29.6 Å². The molecule has 0 saturated carbocycles. The molecule has 2 N–H and O–H groups in total. The molecule has 6 nitrogen and oxygen atoms in total. The van der Waals surface area contributed by atoms with Gasteiger partial charge in [-0.1, -0.05) is 23.7 Å². The second-order valence-electron chi connectivity index (χ2n) is 7.24. The first kappa shape index (κ1) is 21.5. The van der Waals surface area contributed by atoms with E-state index < -0.39 is 23.8 Å². The van der Waals surface area contributed by atoms with Gasteiger partial charge in [0.2, 0.25) is 12.3 Å². The number of ether oxygens (including phenoxy) is 1. The first-order chi connectivity index (χ1) is 15.4. The van der Waals surface area contributed by atoms with Gasteiger partial charge in [-0.3, -0.25) is 9.59 Å². The van der Waals surface area contributed by atoms with Crippen LogP contribution in [0.3, 0.4) is 0 Å². The Morgan fingerprint density at radius 2 is 1.72 bits per heavy atom. The number of hydrogen-bond donors (Lipinski definition) is 2. The van der Waals surface area contributed by atoms with Gasteiger partial charge in [-0.25, -0.2) is 4.39 Å². The molecule has 2 amide bonds. The summed E-state index contributed by atoms with van der Waals surface area (Å²) in [6, 6.07) is 18.1. The van der Waals surface area contributed by atoms with Crippen LogP contribution in [-0.4, -0.2) is 35.9 Å². The summed E-state index contributed by atoms with van der Waals surface area (Å²) < 4.78 is 20.1. The Morgan fingerprint density at radius 3 is 2.34 bits per heavy atom. The molecule has 2 atom stereocenters. The van der Waals surface area contributed by atoms with Gasteiger partial charge in [0.05, 0.1) is 7.11 Å². The van der Waals surface area contributed by atoms with E-state index >= 15 is 0 Å². The third-order valence-electron chi connectivity index (χ3n) is 5.15. The van der Waals surface area contributed by atoms with Gasteiger partial charge >= 0.3 is 5.91 Å². The molecular formula is C24H20ClFN3O3+. The summed E-state index contributed by atoms with van der Waals surface area (Å²) in [6.45, 7) is 0. The van der Waals surface area contributed by atoms with Crippen molar-refractivity contribution in [1.29, 1.82) is 0 Å². The van der Waals surface area contributed by atoms with Gasteiger partial charge < -0.3 is 10.1 Å². The largest absolute Gasteiger partial charge is 0.497 e. The van der Waals surface area contributed by atoms with Crippen molar-refractivity contribution in [3.05, 3.63) is 100 Å². The maximum Gasteiger partial charge on any atom is 0.304 e. The highest BCUT2D eigenvalue weighted by Crippen LogP contribution is 2.27. The quantitative estimate of drug-likeness (QED) is 0.582. The first-order valence-corrected chi connectivity index (χ1v) is 10.2. The number of halogens is 2. The maximum absolute atomic E-state index is 13.2. The number of carbonyl (C=O) groups excluding carboxylic acids is 2. The molecule has 8 heteroatoms. The number of nitrogens with one attached hydrogen (secondary N) is 2. The first-order valence-electron chi connectivity index (χ1n) is 9.84. The van der Waals surface area contributed by atoms with E-state index in [0.29, 0.717) is 10.8 Å². The van der Waals surface area contributed by atoms with Crippen molar-refractivity contribution in [2.24, 2.45) is 0 Å². The normalized spacial score (nSPS) is 19.0. The second-order valence-corrected chi connectivity index (χ2v) is 7.68. The molecule has 162 valence electrons. The van der Waals surface area contributed by atoms with Crippen molar-refractivity contribution in [3.63, 3.8) is 0 Å². The Morgan fingerprint density at radius 1 is 1.06 bits per heavy atom. The Kier molecular flexibility index (Phi) is 6.18. The number of amides is 2. The van der Waals surface area contributed by atoms with Crippen molar-refractivity contribution in [1.82, 2.24) is 10.7 Å². The van der Waals surface area contributed by atoms with E-state index in [2.05, 4.69) is 10.7 Å². The van der Waals surface area contributed by atoms with Crippen molar-refractivity contribution < 1.29 is 23.4 Å².